The molecule has 0 saturated heterocycles. The quantitative estimate of drug-likeness (QED) is 0.789. The molecule has 90 valence electrons. The van der Waals surface area contributed by atoms with E-state index in [0.717, 1.165) is 5.69 Å². The second-order valence-corrected chi connectivity index (χ2v) is 4.45. The van der Waals surface area contributed by atoms with Crippen molar-refractivity contribution < 1.29 is 0 Å². The maximum absolute atomic E-state index is 12.3. The summed E-state index contributed by atoms with van der Waals surface area (Å²) in [6, 6.07) is 10.8. The van der Waals surface area contributed by atoms with Crippen molar-refractivity contribution in [1.82, 2.24) is 4.57 Å². The fourth-order valence-electron chi connectivity index (χ4n) is 1.96. The van der Waals surface area contributed by atoms with Gasteiger partial charge in [-0.2, -0.15) is 5.26 Å². The van der Waals surface area contributed by atoms with E-state index in [9.17, 15) is 4.79 Å². The third-order valence-electron chi connectivity index (χ3n) is 2.79. The van der Waals surface area contributed by atoms with Gasteiger partial charge in [0.15, 0.2) is 0 Å². The Kier molecular flexibility index (Phi) is 3.22. The number of hydrogen-bond donors (Lipinski definition) is 0. The van der Waals surface area contributed by atoms with Gasteiger partial charge in [-0.1, -0.05) is 23.7 Å². The Hall–Kier alpha value is -2.05. The van der Waals surface area contributed by atoms with Crippen LogP contribution in [0.15, 0.2) is 35.1 Å². The zero-order valence-electron chi connectivity index (χ0n) is 10.1. The summed E-state index contributed by atoms with van der Waals surface area (Å²) in [6.07, 6.45) is 0. The van der Waals surface area contributed by atoms with Crippen LogP contribution in [0.25, 0.3) is 5.69 Å². The number of pyridine rings is 1. The number of rotatable bonds is 1. The Morgan fingerprint density at radius 3 is 2.56 bits per heavy atom. The minimum atomic E-state index is -0.330. The molecule has 4 heteroatoms. The van der Waals surface area contributed by atoms with Gasteiger partial charge in [0.1, 0.15) is 11.6 Å². The molecule has 1 aromatic carbocycles. The van der Waals surface area contributed by atoms with Gasteiger partial charge in [-0.05, 0) is 37.6 Å². The number of aromatic nitrogens is 1. The largest absolute Gasteiger partial charge is 0.279 e. The standard InChI is InChI=1S/C14H11ClN2O/c1-9-7-10(2)17(14(18)11(9)8-16)13-6-4-3-5-12(13)15/h3-7H,1-2H3. The smallest absolute Gasteiger partial charge is 0.273 e. The molecular weight excluding hydrogens is 248 g/mol. The van der Waals surface area contributed by atoms with Crippen LogP contribution in [0.3, 0.4) is 0 Å². The summed E-state index contributed by atoms with van der Waals surface area (Å²) in [7, 11) is 0. The fourth-order valence-corrected chi connectivity index (χ4v) is 2.18. The number of benzene rings is 1. The first-order valence-corrected chi connectivity index (χ1v) is 5.82. The molecular formula is C14H11ClN2O. The van der Waals surface area contributed by atoms with Gasteiger partial charge in [-0.3, -0.25) is 9.36 Å². The summed E-state index contributed by atoms with van der Waals surface area (Å²) in [4.78, 5) is 12.3. The van der Waals surface area contributed by atoms with Crippen LogP contribution in [0.4, 0.5) is 0 Å². The van der Waals surface area contributed by atoms with Crippen LogP contribution in [0, 0.1) is 25.2 Å². The first-order valence-electron chi connectivity index (χ1n) is 5.44. The Morgan fingerprint density at radius 1 is 1.28 bits per heavy atom. The Labute approximate surface area is 110 Å². The third-order valence-corrected chi connectivity index (χ3v) is 3.11. The lowest BCUT2D eigenvalue weighted by Gasteiger charge is -2.13. The molecule has 0 spiro atoms. The zero-order chi connectivity index (χ0) is 13.3. The maximum Gasteiger partial charge on any atom is 0.273 e. The number of halogens is 1. The lowest BCUT2D eigenvalue weighted by atomic mass is 10.1. The average Bonchev–Trinajstić information content (AvgIpc) is 2.31. The Bertz CT molecular complexity index is 711. The topological polar surface area (TPSA) is 45.8 Å². The van der Waals surface area contributed by atoms with E-state index in [1.54, 1.807) is 31.2 Å². The zero-order valence-corrected chi connectivity index (χ0v) is 10.8. The van der Waals surface area contributed by atoms with Crippen LogP contribution in [0.1, 0.15) is 16.8 Å². The molecule has 2 rings (SSSR count). The SMILES string of the molecule is Cc1cc(C)n(-c2ccccc2Cl)c(=O)c1C#N. The Morgan fingerprint density at radius 2 is 1.94 bits per heavy atom. The van der Waals surface area contributed by atoms with E-state index < -0.39 is 0 Å². The number of nitriles is 1. The van der Waals surface area contributed by atoms with Crippen molar-refractivity contribution >= 4 is 11.6 Å². The number of aryl methyl sites for hydroxylation is 2. The van der Waals surface area contributed by atoms with Gasteiger partial charge >= 0.3 is 0 Å². The first-order chi connectivity index (χ1) is 8.56. The molecule has 0 N–H and O–H groups in total. The average molecular weight is 259 g/mol. The van der Waals surface area contributed by atoms with Crippen molar-refractivity contribution in [2.24, 2.45) is 0 Å². The number of nitrogens with zero attached hydrogens (tertiary/aromatic N) is 2. The van der Waals surface area contributed by atoms with Crippen molar-refractivity contribution in [2.45, 2.75) is 13.8 Å². The maximum atomic E-state index is 12.3. The second kappa shape index (κ2) is 4.67. The molecule has 3 nitrogen and oxygen atoms in total. The predicted octanol–water partition coefficient (Wildman–Crippen LogP) is 2.98. The molecule has 0 radical (unpaired) electrons. The molecule has 0 fully saturated rings. The summed E-state index contributed by atoms with van der Waals surface area (Å²) in [6.45, 7) is 3.57. The summed E-state index contributed by atoms with van der Waals surface area (Å²) >= 11 is 6.10. The molecule has 0 bridgehead atoms. The van der Waals surface area contributed by atoms with Crippen molar-refractivity contribution in [2.75, 3.05) is 0 Å². The molecule has 1 heterocycles. The highest BCUT2D eigenvalue weighted by Crippen LogP contribution is 2.20. The molecule has 0 aliphatic carbocycles. The van der Waals surface area contributed by atoms with Crippen molar-refractivity contribution in [1.29, 1.82) is 5.26 Å². The van der Waals surface area contributed by atoms with Gasteiger partial charge in [0, 0.05) is 5.69 Å². The summed E-state index contributed by atoms with van der Waals surface area (Å²) < 4.78 is 1.47. The molecule has 1 aromatic heterocycles. The monoisotopic (exact) mass is 258 g/mol. The summed E-state index contributed by atoms with van der Waals surface area (Å²) in [5.41, 5.74) is 1.86. The number of para-hydroxylation sites is 1. The van der Waals surface area contributed by atoms with E-state index in [-0.39, 0.29) is 11.1 Å². The lowest BCUT2D eigenvalue weighted by molar-refractivity contribution is 0.920. The molecule has 0 atom stereocenters. The van der Waals surface area contributed by atoms with Crippen LogP contribution in [0.5, 0.6) is 0 Å². The van der Waals surface area contributed by atoms with Gasteiger partial charge in [0.2, 0.25) is 0 Å². The Balaban J connectivity index is 2.86. The van der Waals surface area contributed by atoms with Crippen molar-refractivity contribution in [3.8, 4) is 11.8 Å². The van der Waals surface area contributed by atoms with Crippen LogP contribution >= 0.6 is 11.6 Å². The highest BCUT2D eigenvalue weighted by atomic mass is 35.5. The number of hydrogen-bond acceptors (Lipinski definition) is 2. The molecule has 2 aromatic rings. The molecule has 0 amide bonds. The molecule has 18 heavy (non-hydrogen) atoms. The minimum absolute atomic E-state index is 0.153. The van der Waals surface area contributed by atoms with Crippen LogP contribution in [0.2, 0.25) is 5.02 Å². The van der Waals surface area contributed by atoms with E-state index in [1.807, 2.05) is 19.1 Å². The lowest BCUT2D eigenvalue weighted by Crippen LogP contribution is -2.24. The van der Waals surface area contributed by atoms with Crippen molar-refractivity contribution in [3.05, 3.63) is 62.5 Å². The minimum Gasteiger partial charge on any atom is -0.279 e. The van der Waals surface area contributed by atoms with E-state index >= 15 is 0 Å². The van der Waals surface area contributed by atoms with E-state index in [0.29, 0.717) is 16.3 Å². The molecule has 0 saturated carbocycles. The van der Waals surface area contributed by atoms with Crippen LogP contribution in [-0.4, -0.2) is 4.57 Å². The van der Waals surface area contributed by atoms with Gasteiger partial charge in [-0.25, -0.2) is 0 Å². The van der Waals surface area contributed by atoms with Gasteiger partial charge in [0.05, 0.1) is 10.7 Å². The van der Waals surface area contributed by atoms with Crippen molar-refractivity contribution in [3.63, 3.8) is 0 Å². The van der Waals surface area contributed by atoms with E-state index in [4.69, 9.17) is 16.9 Å². The second-order valence-electron chi connectivity index (χ2n) is 4.05. The fraction of sp³-hybridized carbons (Fsp3) is 0.143. The highest BCUT2D eigenvalue weighted by molar-refractivity contribution is 6.32. The highest BCUT2D eigenvalue weighted by Gasteiger charge is 2.12. The molecule has 0 aliphatic heterocycles. The molecule has 0 aliphatic rings. The van der Waals surface area contributed by atoms with E-state index in [2.05, 4.69) is 0 Å². The van der Waals surface area contributed by atoms with Gasteiger partial charge in [0.25, 0.3) is 5.56 Å². The van der Waals surface area contributed by atoms with E-state index in [1.165, 1.54) is 4.57 Å². The predicted molar refractivity (Wildman–Crippen MR) is 71.2 cm³/mol. The molecule has 0 unspecified atom stereocenters. The first kappa shape index (κ1) is 12.4. The summed E-state index contributed by atoms with van der Waals surface area (Å²) in [5, 5.41) is 9.52. The third kappa shape index (κ3) is 1.92. The normalized spacial score (nSPS) is 10.1. The van der Waals surface area contributed by atoms with Gasteiger partial charge < -0.3 is 0 Å². The van der Waals surface area contributed by atoms with Crippen LogP contribution < -0.4 is 5.56 Å². The van der Waals surface area contributed by atoms with Gasteiger partial charge in [-0.15, -0.1) is 0 Å². The van der Waals surface area contributed by atoms with Crippen LogP contribution in [-0.2, 0) is 0 Å². The summed E-state index contributed by atoms with van der Waals surface area (Å²) in [5.74, 6) is 0.